The summed E-state index contributed by atoms with van der Waals surface area (Å²) in [6, 6.07) is 15.3. The second kappa shape index (κ2) is 8.30. The SMILES string of the molecule is COc1ccc(C(=O)CN(C2=NCCCC2)c2ccc(Br)cc2)cc1. The van der Waals surface area contributed by atoms with Crippen LogP contribution in [0.5, 0.6) is 5.75 Å². The molecule has 0 spiro atoms. The highest BCUT2D eigenvalue weighted by Crippen LogP contribution is 2.22. The van der Waals surface area contributed by atoms with Crippen LogP contribution in [0.3, 0.4) is 0 Å². The summed E-state index contributed by atoms with van der Waals surface area (Å²) in [5.41, 5.74) is 1.67. The van der Waals surface area contributed by atoms with Gasteiger partial charge < -0.3 is 9.64 Å². The molecule has 2 aromatic rings. The molecule has 1 aliphatic heterocycles. The summed E-state index contributed by atoms with van der Waals surface area (Å²) in [6.45, 7) is 1.12. The number of anilines is 1. The van der Waals surface area contributed by atoms with E-state index in [4.69, 9.17) is 4.74 Å². The van der Waals surface area contributed by atoms with E-state index in [1.807, 2.05) is 53.4 Å². The van der Waals surface area contributed by atoms with Crippen molar-refractivity contribution >= 4 is 33.2 Å². The first kappa shape index (κ1) is 17.7. The molecule has 5 heteroatoms. The molecule has 2 aromatic carbocycles. The van der Waals surface area contributed by atoms with E-state index in [1.54, 1.807) is 7.11 Å². The maximum absolute atomic E-state index is 12.8. The fraction of sp³-hybridized carbons (Fsp3) is 0.300. The molecule has 4 nitrogen and oxygen atoms in total. The topological polar surface area (TPSA) is 41.9 Å². The summed E-state index contributed by atoms with van der Waals surface area (Å²) in [5, 5.41) is 0. The number of carbonyl (C=O) groups is 1. The Kier molecular flexibility index (Phi) is 5.87. The Balaban J connectivity index is 1.84. The van der Waals surface area contributed by atoms with E-state index in [0.29, 0.717) is 5.56 Å². The Morgan fingerprint density at radius 1 is 1.12 bits per heavy atom. The van der Waals surface area contributed by atoms with Crippen molar-refractivity contribution in [1.29, 1.82) is 0 Å². The molecule has 1 aliphatic rings. The Hall–Kier alpha value is -2.14. The van der Waals surface area contributed by atoms with Crippen molar-refractivity contribution < 1.29 is 9.53 Å². The van der Waals surface area contributed by atoms with Crippen molar-refractivity contribution in [2.45, 2.75) is 19.3 Å². The predicted octanol–water partition coefficient (Wildman–Crippen LogP) is 4.73. The molecule has 0 saturated carbocycles. The van der Waals surface area contributed by atoms with E-state index in [2.05, 4.69) is 20.9 Å². The third kappa shape index (κ3) is 4.48. The van der Waals surface area contributed by atoms with Gasteiger partial charge in [-0.3, -0.25) is 9.79 Å². The summed E-state index contributed by atoms with van der Waals surface area (Å²) < 4.78 is 6.18. The number of hydrogen-bond donors (Lipinski definition) is 0. The number of ether oxygens (including phenoxy) is 1. The summed E-state index contributed by atoms with van der Waals surface area (Å²) in [6.07, 6.45) is 3.14. The van der Waals surface area contributed by atoms with Crippen molar-refractivity contribution in [2.75, 3.05) is 25.1 Å². The van der Waals surface area contributed by atoms with Crippen molar-refractivity contribution in [3.8, 4) is 5.75 Å². The average molecular weight is 401 g/mol. The Morgan fingerprint density at radius 2 is 1.84 bits per heavy atom. The lowest BCUT2D eigenvalue weighted by Gasteiger charge is -2.28. The Bertz CT molecular complexity index is 754. The molecular formula is C20H21BrN2O2. The van der Waals surface area contributed by atoms with Crippen LogP contribution in [0, 0.1) is 0 Å². The summed E-state index contributed by atoms with van der Waals surface area (Å²) in [4.78, 5) is 19.5. The minimum Gasteiger partial charge on any atom is -0.497 e. The second-order valence-corrected chi connectivity index (χ2v) is 6.88. The van der Waals surface area contributed by atoms with Crippen molar-refractivity contribution in [3.63, 3.8) is 0 Å². The van der Waals surface area contributed by atoms with Gasteiger partial charge in [-0.15, -0.1) is 0 Å². The van der Waals surface area contributed by atoms with Gasteiger partial charge in [0.25, 0.3) is 0 Å². The van der Waals surface area contributed by atoms with Crippen LogP contribution in [0.1, 0.15) is 29.6 Å². The number of benzene rings is 2. The monoisotopic (exact) mass is 400 g/mol. The number of aliphatic imine (C=N–C) groups is 1. The minimum atomic E-state index is 0.0684. The minimum absolute atomic E-state index is 0.0684. The van der Waals surface area contributed by atoms with Crippen molar-refractivity contribution in [3.05, 3.63) is 58.6 Å². The molecular weight excluding hydrogens is 380 g/mol. The number of methoxy groups -OCH3 is 1. The van der Waals surface area contributed by atoms with Crippen LogP contribution < -0.4 is 9.64 Å². The normalized spacial score (nSPS) is 13.9. The van der Waals surface area contributed by atoms with Crippen LogP contribution in [0.15, 0.2) is 58.0 Å². The van der Waals surface area contributed by atoms with Crippen molar-refractivity contribution in [2.24, 2.45) is 4.99 Å². The maximum atomic E-state index is 12.8. The summed E-state index contributed by atoms with van der Waals surface area (Å²) in [7, 11) is 1.62. The molecule has 0 fully saturated rings. The average Bonchev–Trinajstić information content (AvgIpc) is 2.67. The van der Waals surface area contributed by atoms with Gasteiger partial charge >= 0.3 is 0 Å². The first-order chi connectivity index (χ1) is 12.2. The number of ketones is 1. The summed E-state index contributed by atoms with van der Waals surface area (Å²) >= 11 is 3.46. The van der Waals surface area contributed by atoms with Gasteiger partial charge in [0.05, 0.1) is 13.7 Å². The van der Waals surface area contributed by atoms with Crippen LogP contribution in [-0.4, -0.2) is 31.8 Å². The van der Waals surface area contributed by atoms with Gasteiger partial charge in [0, 0.05) is 28.7 Å². The highest BCUT2D eigenvalue weighted by atomic mass is 79.9. The van der Waals surface area contributed by atoms with Crippen LogP contribution in [0.25, 0.3) is 0 Å². The van der Waals surface area contributed by atoms with Gasteiger partial charge in [0.15, 0.2) is 5.78 Å². The zero-order chi connectivity index (χ0) is 17.6. The standard InChI is InChI=1S/C20H21BrN2O2/c1-25-18-11-5-15(6-12-18)19(24)14-23(20-4-2-3-13-22-20)17-9-7-16(21)8-10-17/h5-12H,2-4,13-14H2,1H3. The first-order valence-electron chi connectivity index (χ1n) is 8.41. The van der Waals surface area contributed by atoms with E-state index >= 15 is 0 Å². The highest BCUT2D eigenvalue weighted by molar-refractivity contribution is 9.10. The van der Waals surface area contributed by atoms with Gasteiger partial charge in [-0.2, -0.15) is 0 Å². The van der Waals surface area contributed by atoms with E-state index in [1.165, 1.54) is 0 Å². The first-order valence-corrected chi connectivity index (χ1v) is 9.20. The fourth-order valence-electron chi connectivity index (χ4n) is 2.87. The van der Waals surface area contributed by atoms with E-state index in [-0.39, 0.29) is 12.3 Å². The van der Waals surface area contributed by atoms with Crippen molar-refractivity contribution in [1.82, 2.24) is 0 Å². The number of halogens is 1. The lowest BCUT2D eigenvalue weighted by Crippen LogP contribution is -2.37. The highest BCUT2D eigenvalue weighted by Gasteiger charge is 2.20. The fourth-order valence-corrected chi connectivity index (χ4v) is 3.13. The molecule has 0 aromatic heterocycles. The van der Waals surface area contributed by atoms with Gasteiger partial charge in [-0.1, -0.05) is 15.9 Å². The molecule has 0 atom stereocenters. The predicted molar refractivity (Wildman–Crippen MR) is 105 cm³/mol. The molecule has 0 N–H and O–H groups in total. The molecule has 0 bridgehead atoms. The Morgan fingerprint density at radius 3 is 2.44 bits per heavy atom. The molecule has 0 saturated heterocycles. The number of hydrogen-bond acceptors (Lipinski definition) is 4. The number of rotatable bonds is 5. The third-order valence-corrected chi connectivity index (χ3v) is 4.80. The Labute approximate surface area is 156 Å². The lowest BCUT2D eigenvalue weighted by atomic mass is 10.1. The number of carbonyl (C=O) groups excluding carboxylic acids is 1. The van der Waals surface area contributed by atoms with Crippen LogP contribution in [-0.2, 0) is 0 Å². The number of Topliss-reactive ketones (excluding diaryl/α,β-unsaturated/α-hetero) is 1. The molecule has 0 amide bonds. The van der Waals surface area contributed by atoms with E-state index in [9.17, 15) is 4.79 Å². The van der Waals surface area contributed by atoms with Crippen LogP contribution in [0.4, 0.5) is 5.69 Å². The molecule has 3 rings (SSSR count). The molecule has 130 valence electrons. The lowest BCUT2D eigenvalue weighted by molar-refractivity contribution is 0.100. The summed E-state index contributed by atoms with van der Waals surface area (Å²) in [5.74, 6) is 1.81. The maximum Gasteiger partial charge on any atom is 0.182 e. The smallest absolute Gasteiger partial charge is 0.182 e. The zero-order valence-corrected chi connectivity index (χ0v) is 15.8. The molecule has 1 heterocycles. The quantitative estimate of drug-likeness (QED) is 0.681. The zero-order valence-electron chi connectivity index (χ0n) is 14.2. The van der Waals surface area contributed by atoms with Gasteiger partial charge in [0.1, 0.15) is 11.6 Å². The van der Waals surface area contributed by atoms with Gasteiger partial charge in [-0.25, -0.2) is 0 Å². The third-order valence-electron chi connectivity index (χ3n) is 4.27. The second-order valence-electron chi connectivity index (χ2n) is 5.97. The van der Waals surface area contributed by atoms with E-state index < -0.39 is 0 Å². The number of amidine groups is 1. The van der Waals surface area contributed by atoms with Crippen LogP contribution in [0.2, 0.25) is 0 Å². The molecule has 0 unspecified atom stereocenters. The number of nitrogens with zero attached hydrogens (tertiary/aromatic N) is 2. The molecule has 0 aliphatic carbocycles. The largest absolute Gasteiger partial charge is 0.497 e. The van der Waals surface area contributed by atoms with Crippen LogP contribution >= 0.6 is 15.9 Å². The van der Waals surface area contributed by atoms with Gasteiger partial charge in [-0.05, 0) is 61.4 Å². The van der Waals surface area contributed by atoms with Gasteiger partial charge in [0.2, 0.25) is 0 Å². The molecule has 0 radical (unpaired) electrons. The molecule has 25 heavy (non-hydrogen) atoms. The van der Waals surface area contributed by atoms with E-state index in [0.717, 1.165) is 47.6 Å².